The van der Waals surface area contributed by atoms with Crippen LogP contribution in [0, 0.1) is 0 Å². The number of para-hydroxylation sites is 1. The second-order valence-electron chi connectivity index (χ2n) is 5.93. The van der Waals surface area contributed by atoms with E-state index in [-0.39, 0.29) is 11.5 Å². The number of ether oxygens (including phenoxy) is 1. The smallest absolute Gasteiger partial charge is 0.124 e. The van der Waals surface area contributed by atoms with E-state index in [1.54, 1.807) is 0 Å². The largest absolute Gasteiger partial charge is 0.494 e. The molecule has 1 heterocycles. The molecule has 114 valence electrons. The molecule has 0 amide bonds. The molecule has 1 atom stereocenters. The first kappa shape index (κ1) is 15.9. The topological polar surface area (TPSA) is 47.0 Å². The monoisotopic (exact) mass is 305 g/mol. The Morgan fingerprint density at radius 3 is 2.62 bits per heavy atom. The third-order valence-electron chi connectivity index (χ3n) is 3.30. The van der Waals surface area contributed by atoms with Gasteiger partial charge < -0.3 is 10.1 Å². The number of rotatable bonds is 5. The summed E-state index contributed by atoms with van der Waals surface area (Å²) in [5, 5.41) is 7.73. The van der Waals surface area contributed by atoms with Crippen LogP contribution in [0.2, 0.25) is 0 Å². The van der Waals surface area contributed by atoms with Crippen LogP contribution in [-0.4, -0.2) is 23.2 Å². The SMILES string of the molecule is CCOc1ccccc1C(NC)c1snnc1C(C)(C)C. The zero-order valence-electron chi connectivity index (χ0n) is 13.3. The van der Waals surface area contributed by atoms with E-state index in [1.165, 1.54) is 11.5 Å². The van der Waals surface area contributed by atoms with Crippen molar-refractivity contribution in [2.75, 3.05) is 13.7 Å². The van der Waals surface area contributed by atoms with Gasteiger partial charge in [-0.05, 0) is 31.6 Å². The summed E-state index contributed by atoms with van der Waals surface area (Å²) in [7, 11) is 1.96. The summed E-state index contributed by atoms with van der Waals surface area (Å²) in [6.45, 7) is 9.14. The van der Waals surface area contributed by atoms with E-state index >= 15 is 0 Å². The number of nitrogens with one attached hydrogen (secondary N) is 1. The van der Waals surface area contributed by atoms with Gasteiger partial charge in [-0.25, -0.2) is 0 Å². The summed E-state index contributed by atoms with van der Waals surface area (Å²) in [5.74, 6) is 0.910. The van der Waals surface area contributed by atoms with E-state index in [0.29, 0.717) is 6.61 Å². The van der Waals surface area contributed by atoms with Gasteiger partial charge in [0.15, 0.2) is 0 Å². The number of nitrogens with zero attached hydrogens (tertiary/aromatic N) is 2. The van der Waals surface area contributed by atoms with Gasteiger partial charge in [-0.1, -0.05) is 43.5 Å². The van der Waals surface area contributed by atoms with Crippen molar-refractivity contribution in [1.82, 2.24) is 14.9 Å². The van der Waals surface area contributed by atoms with E-state index in [1.807, 2.05) is 32.2 Å². The quantitative estimate of drug-likeness (QED) is 0.918. The minimum atomic E-state index is -0.0298. The molecule has 1 aromatic heterocycles. The van der Waals surface area contributed by atoms with E-state index in [4.69, 9.17) is 4.74 Å². The van der Waals surface area contributed by atoms with Gasteiger partial charge in [0.1, 0.15) is 5.75 Å². The molecule has 0 aliphatic carbocycles. The minimum Gasteiger partial charge on any atom is -0.494 e. The maximum atomic E-state index is 5.77. The van der Waals surface area contributed by atoms with Gasteiger partial charge in [0.2, 0.25) is 0 Å². The molecular formula is C16H23N3OS. The van der Waals surface area contributed by atoms with Crippen molar-refractivity contribution in [3.05, 3.63) is 40.4 Å². The van der Waals surface area contributed by atoms with Crippen molar-refractivity contribution in [2.24, 2.45) is 0 Å². The molecule has 1 N–H and O–H groups in total. The van der Waals surface area contributed by atoms with Crippen LogP contribution >= 0.6 is 11.5 Å². The van der Waals surface area contributed by atoms with Gasteiger partial charge in [0, 0.05) is 11.0 Å². The molecular weight excluding hydrogens is 282 g/mol. The van der Waals surface area contributed by atoms with Crippen LogP contribution in [0.3, 0.4) is 0 Å². The molecule has 0 spiro atoms. The first-order valence-electron chi connectivity index (χ1n) is 7.20. The second-order valence-corrected chi connectivity index (χ2v) is 6.71. The zero-order chi connectivity index (χ0) is 15.5. The second kappa shape index (κ2) is 6.54. The predicted octanol–water partition coefficient (Wildman–Crippen LogP) is 3.54. The highest BCUT2D eigenvalue weighted by Crippen LogP contribution is 2.36. The van der Waals surface area contributed by atoms with E-state index < -0.39 is 0 Å². The molecule has 0 bridgehead atoms. The van der Waals surface area contributed by atoms with Gasteiger partial charge in [-0.2, -0.15) is 0 Å². The fourth-order valence-corrected chi connectivity index (χ4v) is 3.33. The number of hydrogen-bond donors (Lipinski definition) is 1. The Kier molecular flexibility index (Phi) is 4.96. The standard InChI is InChI=1S/C16H23N3OS/c1-6-20-12-10-8-7-9-11(12)13(17-5)14-15(16(2,3)4)18-19-21-14/h7-10,13,17H,6H2,1-5H3. The highest BCUT2D eigenvalue weighted by atomic mass is 32.1. The molecule has 0 radical (unpaired) electrons. The third-order valence-corrected chi connectivity index (χ3v) is 4.09. The molecule has 21 heavy (non-hydrogen) atoms. The maximum Gasteiger partial charge on any atom is 0.124 e. The minimum absolute atomic E-state index is 0.0298. The Morgan fingerprint density at radius 2 is 2.00 bits per heavy atom. The zero-order valence-corrected chi connectivity index (χ0v) is 14.1. The molecule has 0 saturated heterocycles. The number of benzene rings is 1. The lowest BCUT2D eigenvalue weighted by Crippen LogP contribution is -2.23. The van der Waals surface area contributed by atoms with Crippen LogP contribution in [0.5, 0.6) is 5.75 Å². The third kappa shape index (κ3) is 3.41. The Bertz CT molecular complexity index is 589. The summed E-state index contributed by atoms with van der Waals surface area (Å²) in [6, 6.07) is 8.18. The first-order chi connectivity index (χ1) is 9.99. The molecule has 4 nitrogen and oxygen atoms in total. The molecule has 5 heteroatoms. The maximum absolute atomic E-state index is 5.77. The van der Waals surface area contributed by atoms with Crippen LogP contribution < -0.4 is 10.1 Å². The summed E-state index contributed by atoms with van der Waals surface area (Å²) < 4.78 is 9.94. The van der Waals surface area contributed by atoms with Crippen molar-refractivity contribution in [3.63, 3.8) is 0 Å². The van der Waals surface area contributed by atoms with Crippen LogP contribution in [0.1, 0.15) is 49.9 Å². The average Bonchev–Trinajstić information content (AvgIpc) is 2.91. The van der Waals surface area contributed by atoms with Gasteiger partial charge in [-0.3, -0.25) is 0 Å². The van der Waals surface area contributed by atoms with Crippen molar-refractivity contribution >= 4 is 11.5 Å². The molecule has 0 fully saturated rings. The van der Waals surface area contributed by atoms with E-state index in [0.717, 1.165) is 21.9 Å². The lowest BCUT2D eigenvalue weighted by atomic mass is 9.88. The highest BCUT2D eigenvalue weighted by Gasteiger charge is 2.28. The molecule has 0 aliphatic heterocycles. The first-order valence-corrected chi connectivity index (χ1v) is 7.98. The van der Waals surface area contributed by atoms with Crippen LogP contribution in [0.15, 0.2) is 24.3 Å². The van der Waals surface area contributed by atoms with Gasteiger partial charge in [0.25, 0.3) is 0 Å². The molecule has 0 aliphatic rings. The Hall–Kier alpha value is -1.46. The number of hydrogen-bond acceptors (Lipinski definition) is 5. The average molecular weight is 305 g/mol. The fourth-order valence-electron chi connectivity index (χ4n) is 2.34. The molecule has 0 saturated carbocycles. The summed E-state index contributed by atoms with van der Waals surface area (Å²) in [5.41, 5.74) is 2.13. The molecule has 1 aromatic carbocycles. The molecule has 1 unspecified atom stereocenters. The summed E-state index contributed by atoms with van der Waals surface area (Å²) >= 11 is 1.45. The summed E-state index contributed by atoms with van der Waals surface area (Å²) in [4.78, 5) is 1.15. The lowest BCUT2D eigenvalue weighted by Gasteiger charge is -2.23. The predicted molar refractivity (Wildman–Crippen MR) is 87.1 cm³/mol. The molecule has 2 aromatic rings. The fraction of sp³-hybridized carbons (Fsp3) is 0.500. The van der Waals surface area contributed by atoms with Crippen molar-refractivity contribution in [3.8, 4) is 5.75 Å². The van der Waals surface area contributed by atoms with Crippen molar-refractivity contribution < 1.29 is 4.74 Å². The Morgan fingerprint density at radius 1 is 1.29 bits per heavy atom. The van der Waals surface area contributed by atoms with Gasteiger partial charge >= 0.3 is 0 Å². The van der Waals surface area contributed by atoms with E-state index in [2.05, 4.69) is 41.7 Å². The van der Waals surface area contributed by atoms with Gasteiger partial charge in [0.05, 0.1) is 23.2 Å². The highest BCUT2D eigenvalue weighted by molar-refractivity contribution is 7.05. The van der Waals surface area contributed by atoms with Crippen LogP contribution in [-0.2, 0) is 5.41 Å². The van der Waals surface area contributed by atoms with Gasteiger partial charge in [-0.15, -0.1) is 5.10 Å². The normalized spacial score (nSPS) is 13.2. The van der Waals surface area contributed by atoms with Crippen LogP contribution in [0.4, 0.5) is 0 Å². The number of aromatic nitrogens is 2. The Labute approximate surface area is 130 Å². The summed E-state index contributed by atoms with van der Waals surface area (Å²) in [6.07, 6.45) is 0. The van der Waals surface area contributed by atoms with Crippen molar-refractivity contribution in [2.45, 2.75) is 39.2 Å². The lowest BCUT2D eigenvalue weighted by molar-refractivity contribution is 0.334. The van der Waals surface area contributed by atoms with E-state index in [9.17, 15) is 0 Å². The molecule has 2 rings (SSSR count). The Balaban J connectivity index is 2.48. The van der Waals surface area contributed by atoms with Crippen molar-refractivity contribution in [1.29, 1.82) is 0 Å². The van der Waals surface area contributed by atoms with Crippen LogP contribution in [0.25, 0.3) is 0 Å².